The van der Waals surface area contributed by atoms with Crippen molar-refractivity contribution in [1.82, 2.24) is 0 Å². The van der Waals surface area contributed by atoms with E-state index in [0.29, 0.717) is 39.5 Å². The number of benzene rings is 3. The van der Waals surface area contributed by atoms with Crippen molar-refractivity contribution >= 4 is 28.3 Å². The van der Waals surface area contributed by atoms with E-state index in [9.17, 15) is 9.59 Å². The van der Waals surface area contributed by atoms with Gasteiger partial charge >= 0.3 is 0 Å². The lowest BCUT2D eigenvalue weighted by Crippen LogP contribution is -2.21. The number of furan rings is 1. The third-order valence-electron chi connectivity index (χ3n) is 5.61. The summed E-state index contributed by atoms with van der Waals surface area (Å²) in [5.74, 6) is 0.962. The zero-order chi connectivity index (χ0) is 22.9. The molecule has 0 fully saturated rings. The number of aryl methyl sites for hydroxylation is 1. The summed E-state index contributed by atoms with van der Waals surface area (Å²) in [7, 11) is 0. The lowest BCUT2D eigenvalue weighted by Gasteiger charge is -2.11. The van der Waals surface area contributed by atoms with Gasteiger partial charge < -0.3 is 23.9 Å². The summed E-state index contributed by atoms with van der Waals surface area (Å²) in [4.78, 5) is 26.1. The van der Waals surface area contributed by atoms with E-state index < -0.39 is 5.91 Å². The Labute approximate surface area is 189 Å². The summed E-state index contributed by atoms with van der Waals surface area (Å²) in [6.45, 7) is 3.82. The molecule has 1 amide bonds. The van der Waals surface area contributed by atoms with Gasteiger partial charge in [-0.3, -0.25) is 9.59 Å². The van der Waals surface area contributed by atoms with E-state index >= 15 is 0 Å². The standard InChI is InChI=1S/C26H21NO6/c1-15-6-5-9-19(16(15)2)30-13-23(28)27-24-18-7-3-4-8-20(18)33-26(24)25(29)17-10-11-21-22(12-17)32-14-31-21/h3-12H,13-14H2,1-2H3,(H,27,28). The van der Waals surface area contributed by atoms with Crippen molar-refractivity contribution in [2.45, 2.75) is 13.8 Å². The zero-order valence-electron chi connectivity index (χ0n) is 18.1. The maximum atomic E-state index is 13.3. The molecule has 166 valence electrons. The molecule has 1 aromatic heterocycles. The second-order valence-corrected chi connectivity index (χ2v) is 7.73. The van der Waals surface area contributed by atoms with Gasteiger partial charge in [-0.05, 0) is 61.4 Å². The maximum Gasteiger partial charge on any atom is 0.262 e. The fourth-order valence-corrected chi connectivity index (χ4v) is 3.70. The van der Waals surface area contributed by atoms with Crippen LogP contribution in [0.3, 0.4) is 0 Å². The molecule has 1 aliphatic rings. The highest BCUT2D eigenvalue weighted by Crippen LogP contribution is 2.36. The Kier molecular flexibility index (Phi) is 5.22. The molecule has 2 heterocycles. The van der Waals surface area contributed by atoms with E-state index in [0.717, 1.165) is 11.1 Å². The number of nitrogens with one attached hydrogen (secondary N) is 1. The van der Waals surface area contributed by atoms with E-state index in [2.05, 4.69) is 5.32 Å². The molecule has 7 nitrogen and oxygen atoms in total. The molecule has 33 heavy (non-hydrogen) atoms. The molecule has 0 spiro atoms. The number of ether oxygens (including phenoxy) is 3. The average Bonchev–Trinajstić information content (AvgIpc) is 3.44. The lowest BCUT2D eigenvalue weighted by atomic mass is 10.1. The highest BCUT2D eigenvalue weighted by molar-refractivity contribution is 6.17. The van der Waals surface area contributed by atoms with Crippen molar-refractivity contribution in [1.29, 1.82) is 0 Å². The van der Waals surface area contributed by atoms with Gasteiger partial charge in [0.2, 0.25) is 12.6 Å². The third-order valence-corrected chi connectivity index (χ3v) is 5.61. The minimum Gasteiger partial charge on any atom is -0.483 e. The number of fused-ring (bicyclic) bond motifs is 2. The van der Waals surface area contributed by atoms with Gasteiger partial charge in [-0.25, -0.2) is 0 Å². The predicted molar refractivity (Wildman–Crippen MR) is 122 cm³/mol. The summed E-state index contributed by atoms with van der Waals surface area (Å²) >= 11 is 0. The van der Waals surface area contributed by atoms with Gasteiger partial charge in [0, 0.05) is 10.9 Å². The summed E-state index contributed by atoms with van der Waals surface area (Å²) < 4.78 is 22.3. The Morgan fingerprint density at radius 1 is 0.970 bits per heavy atom. The SMILES string of the molecule is Cc1cccc(OCC(=O)Nc2c(C(=O)c3ccc4c(c3)OCO4)oc3ccccc23)c1C. The molecule has 0 saturated heterocycles. The van der Waals surface area contributed by atoms with Crippen LogP contribution in [0.5, 0.6) is 17.2 Å². The molecule has 3 aromatic carbocycles. The van der Waals surface area contributed by atoms with Crippen molar-refractivity contribution < 1.29 is 28.2 Å². The average molecular weight is 443 g/mol. The third kappa shape index (κ3) is 3.89. The Hall–Kier alpha value is -4.26. The van der Waals surface area contributed by atoms with Gasteiger partial charge in [-0.15, -0.1) is 0 Å². The monoisotopic (exact) mass is 443 g/mol. The summed E-state index contributed by atoms with van der Waals surface area (Å²) in [5, 5.41) is 3.43. The number of carbonyl (C=O) groups excluding carboxylic acids is 2. The van der Waals surface area contributed by atoms with Crippen LogP contribution in [0.4, 0.5) is 5.69 Å². The normalized spacial score (nSPS) is 12.1. The predicted octanol–water partition coefficient (Wildman–Crippen LogP) is 5.03. The number of hydrogen-bond donors (Lipinski definition) is 1. The first-order chi connectivity index (χ1) is 16.0. The van der Waals surface area contributed by atoms with E-state index in [4.69, 9.17) is 18.6 Å². The Balaban J connectivity index is 1.42. The molecule has 1 aliphatic heterocycles. The van der Waals surface area contributed by atoms with Gasteiger partial charge in [-0.1, -0.05) is 24.3 Å². The number of amides is 1. The van der Waals surface area contributed by atoms with Crippen LogP contribution in [0.15, 0.2) is 65.1 Å². The Morgan fingerprint density at radius 3 is 2.67 bits per heavy atom. The summed E-state index contributed by atoms with van der Waals surface area (Å²) in [6.07, 6.45) is 0. The van der Waals surface area contributed by atoms with Crippen molar-refractivity contribution in [3.05, 3.63) is 83.1 Å². The fraction of sp³-hybridized carbons (Fsp3) is 0.154. The van der Waals surface area contributed by atoms with Crippen LogP contribution in [0.25, 0.3) is 11.0 Å². The second-order valence-electron chi connectivity index (χ2n) is 7.73. The van der Waals surface area contributed by atoms with Crippen molar-refractivity contribution in [2.24, 2.45) is 0 Å². The van der Waals surface area contributed by atoms with Crippen molar-refractivity contribution in [3.8, 4) is 17.2 Å². The van der Waals surface area contributed by atoms with Crippen LogP contribution in [0.2, 0.25) is 0 Å². The number of carbonyl (C=O) groups is 2. The minimum absolute atomic E-state index is 0.0372. The molecule has 0 atom stereocenters. The van der Waals surface area contributed by atoms with Gasteiger partial charge in [0.05, 0.1) is 5.69 Å². The molecule has 1 N–H and O–H groups in total. The molecular formula is C26H21NO6. The molecular weight excluding hydrogens is 422 g/mol. The number of hydrogen-bond acceptors (Lipinski definition) is 6. The topological polar surface area (TPSA) is 87.0 Å². The Morgan fingerprint density at radius 2 is 1.79 bits per heavy atom. The van der Waals surface area contributed by atoms with Crippen LogP contribution in [0, 0.1) is 13.8 Å². The number of ketones is 1. The molecule has 0 unspecified atom stereocenters. The van der Waals surface area contributed by atoms with E-state index in [1.807, 2.05) is 38.1 Å². The molecule has 0 radical (unpaired) electrons. The molecule has 4 aromatic rings. The second kappa shape index (κ2) is 8.35. The highest BCUT2D eigenvalue weighted by Gasteiger charge is 2.25. The number of anilines is 1. The minimum atomic E-state index is -0.401. The van der Waals surface area contributed by atoms with Crippen LogP contribution in [-0.2, 0) is 4.79 Å². The molecule has 0 aliphatic carbocycles. The fourth-order valence-electron chi connectivity index (χ4n) is 3.70. The van der Waals surface area contributed by atoms with Crippen LogP contribution < -0.4 is 19.5 Å². The van der Waals surface area contributed by atoms with Crippen LogP contribution in [-0.4, -0.2) is 25.1 Å². The maximum absolute atomic E-state index is 13.3. The van der Waals surface area contributed by atoms with E-state index in [1.54, 1.807) is 36.4 Å². The van der Waals surface area contributed by atoms with Gasteiger partial charge in [0.25, 0.3) is 5.91 Å². The van der Waals surface area contributed by atoms with E-state index in [1.165, 1.54) is 0 Å². The number of para-hydroxylation sites is 1. The molecule has 0 saturated carbocycles. The zero-order valence-corrected chi connectivity index (χ0v) is 18.1. The molecule has 5 rings (SSSR count). The van der Waals surface area contributed by atoms with Crippen LogP contribution >= 0.6 is 0 Å². The van der Waals surface area contributed by atoms with E-state index in [-0.39, 0.29) is 24.9 Å². The van der Waals surface area contributed by atoms with Gasteiger partial charge in [0.1, 0.15) is 11.3 Å². The summed E-state index contributed by atoms with van der Waals surface area (Å²) in [5.41, 5.74) is 3.21. The smallest absolute Gasteiger partial charge is 0.262 e. The van der Waals surface area contributed by atoms with Gasteiger partial charge in [-0.2, -0.15) is 0 Å². The number of rotatable bonds is 6. The van der Waals surface area contributed by atoms with Crippen molar-refractivity contribution in [3.63, 3.8) is 0 Å². The quantitative estimate of drug-likeness (QED) is 0.421. The van der Waals surface area contributed by atoms with Gasteiger partial charge in [0.15, 0.2) is 23.9 Å². The molecule has 7 heteroatoms. The first-order valence-corrected chi connectivity index (χ1v) is 10.5. The lowest BCUT2D eigenvalue weighted by molar-refractivity contribution is -0.118. The Bertz CT molecular complexity index is 1390. The largest absolute Gasteiger partial charge is 0.483 e. The highest BCUT2D eigenvalue weighted by atomic mass is 16.7. The summed E-state index contributed by atoms with van der Waals surface area (Å²) in [6, 6.07) is 17.7. The first-order valence-electron chi connectivity index (χ1n) is 10.5. The van der Waals surface area contributed by atoms with Crippen LogP contribution in [0.1, 0.15) is 27.2 Å². The van der Waals surface area contributed by atoms with Crippen molar-refractivity contribution in [2.75, 3.05) is 18.7 Å². The molecule has 0 bridgehead atoms. The first kappa shape index (κ1) is 20.6.